The van der Waals surface area contributed by atoms with E-state index in [2.05, 4.69) is 17.7 Å². The van der Waals surface area contributed by atoms with Crippen molar-refractivity contribution in [2.75, 3.05) is 5.75 Å². The molecule has 0 fully saturated rings. The molecule has 2 nitrogen and oxygen atoms in total. The van der Waals surface area contributed by atoms with Crippen LogP contribution in [0.1, 0.15) is 17.0 Å². The summed E-state index contributed by atoms with van der Waals surface area (Å²) in [6, 6.07) is 9.57. The predicted octanol–water partition coefficient (Wildman–Crippen LogP) is 3.62. The standard InChI is InChI=1S/C13H13F3N2S/c14-13(15,16)12-6-17-18(8-12)7-11(9-19)10-4-2-1-3-5-10/h1-6,8,11,19H,7,9H2. The van der Waals surface area contributed by atoms with Gasteiger partial charge in [-0.1, -0.05) is 30.3 Å². The Morgan fingerprint density at radius 2 is 1.89 bits per heavy atom. The molecule has 102 valence electrons. The van der Waals surface area contributed by atoms with Gasteiger partial charge < -0.3 is 0 Å². The topological polar surface area (TPSA) is 17.8 Å². The number of hydrogen-bond acceptors (Lipinski definition) is 2. The molecule has 1 aromatic heterocycles. The third-order valence-electron chi connectivity index (χ3n) is 2.86. The molecule has 2 aromatic rings. The minimum absolute atomic E-state index is 0.0329. The Bertz CT molecular complexity index is 522. The van der Waals surface area contributed by atoms with E-state index in [1.165, 1.54) is 4.68 Å². The minimum Gasteiger partial charge on any atom is -0.271 e. The van der Waals surface area contributed by atoms with Crippen LogP contribution in [0.3, 0.4) is 0 Å². The molecule has 0 aliphatic heterocycles. The lowest BCUT2D eigenvalue weighted by atomic mass is 10.0. The Kier molecular flexibility index (Phi) is 4.19. The highest BCUT2D eigenvalue weighted by atomic mass is 32.1. The minimum atomic E-state index is -4.35. The molecule has 0 radical (unpaired) electrons. The van der Waals surface area contributed by atoms with Gasteiger partial charge in [0.2, 0.25) is 0 Å². The number of rotatable bonds is 4. The molecule has 19 heavy (non-hydrogen) atoms. The Morgan fingerprint density at radius 1 is 1.21 bits per heavy atom. The van der Waals surface area contributed by atoms with Crippen LogP contribution >= 0.6 is 12.6 Å². The van der Waals surface area contributed by atoms with E-state index in [1.807, 2.05) is 30.3 Å². The Balaban J connectivity index is 2.13. The van der Waals surface area contributed by atoms with Crippen LogP contribution in [0, 0.1) is 0 Å². The van der Waals surface area contributed by atoms with Gasteiger partial charge in [-0.2, -0.15) is 30.9 Å². The summed E-state index contributed by atoms with van der Waals surface area (Å²) in [5.41, 5.74) is 0.319. The molecule has 0 amide bonds. The molecule has 1 aromatic carbocycles. The fraction of sp³-hybridized carbons (Fsp3) is 0.308. The van der Waals surface area contributed by atoms with Crippen LogP contribution in [-0.4, -0.2) is 15.5 Å². The molecule has 0 saturated carbocycles. The second-order valence-corrected chi connectivity index (χ2v) is 4.60. The monoisotopic (exact) mass is 286 g/mol. The van der Waals surface area contributed by atoms with Gasteiger partial charge in [0.1, 0.15) is 0 Å². The van der Waals surface area contributed by atoms with Crippen molar-refractivity contribution < 1.29 is 13.2 Å². The van der Waals surface area contributed by atoms with Crippen molar-refractivity contribution in [3.05, 3.63) is 53.9 Å². The molecule has 0 bridgehead atoms. The first-order valence-corrected chi connectivity index (χ1v) is 6.39. The van der Waals surface area contributed by atoms with E-state index in [0.29, 0.717) is 12.3 Å². The van der Waals surface area contributed by atoms with Crippen molar-refractivity contribution in [2.24, 2.45) is 0 Å². The number of halogens is 3. The van der Waals surface area contributed by atoms with Crippen LogP contribution in [0.5, 0.6) is 0 Å². The average Bonchev–Trinajstić information content (AvgIpc) is 2.85. The summed E-state index contributed by atoms with van der Waals surface area (Å²) in [6.45, 7) is 0.379. The number of aromatic nitrogens is 2. The van der Waals surface area contributed by atoms with E-state index in [9.17, 15) is 13.2 Å². The summed E-state index contributed by atoms with van der Waals surface area (Å²) in [5.74, 6) is 0.580. The lowest BCUT2D eigenvalue weighted by molar-refractivity contribution is -0.137. The molecule has 0 spiro atoms. The van der Waals surface area contributed by atoms with Crippen LogP contribution in [-0.2, 0) is 12.7 Å². The zero-order chi connectivity index (χ0) is 13.9. The van der Waals surface area contributed by atoms with Crippen molar-refractivity contribution in [3.8, 4) is 0 Å². The van der Waals surface area contributed by atoms with Gasteiger partial charge in [-0.25, -0.2) is 0 Å². The van der Waals surface area contributed by atoms with Crippen molar-refractivity contribution in [2.45, 2.75) is 18.6 Å². The van der Waals surface area contributed by atoms with Crippen molar-refractivity contribution in [1.29, 1.82) is 0 Å². The molecule has 0 aliphatic rings. The van der Waals surface area contributed by atoms with Crippen LogP contribution in [0.2, 0.25) is 0 Å². The van der Waals surface area contributed by atoms with Crippen LogP contribution in [0.15, 0.2) is 42.7 Å². The molecule has 6 heteroatoms. The zero-order valence-corrected chi connectivity index (χ0v) is 10.9. The van der Waals surface area contributed by atoms with E-state index < -0.39 is 11.7 Å². The lowest BCUT2D eigenvalue weighted by Crippen LogP contribution is -2.11. The Hall–Kier alpha value is -1.43. The first kappa shape index (κ1) is 14.0. The SMILES string of the molecule is FC(F)(F)c1cnn(CC(CS)c2ccccc2)c1. The van der Waals surface area contributed by atoms with Gasteiger partial charge in [-0.3, -0.25) is 4.68 Å². The maximum Gasteiger partial charge on any atom is 0.419 e. The first-order valence-electron chi connectivity index (χ1n) is 5.76. The van der Waals surface area contributed by atoms with Gasteiger partial charge in [0.25, 0.3) is 0 Å². The quantitative estimate of drug-likeness (QED) is 0.850. The largest absolute Gasteiger partial charge is 0.419 e. The van der Waals surface area contributed by atoms with Crippen molar-refractivity contribution in [1.82, 2.24) is 9.78 Å². The molecular formula is C13H13F3N2S. The summed E-state index contributed by atoms with van der Waals surface area (Å²) in [6.07, 6.45) is -2.47. The fourth-order valence-electron chi connectivity index (χ4n) is 1.83. The first-order chi connectivity index (χ1) is 9.00. The van der Waals surface area contributed by atoms with Crippen molar-refractivity contribution in [3.63, 3.8) is 0 Å². The number of hydrogen-bond donors (Lipinski definition) is 1. The molecule has 0 N–H and O–H groups in total. The molecule has 2 rings (SSSR count). The van der Waals surface area contributed by atoms with Crippen molar-refractivity contribution >= 4 is 12.6 Å². The molecule has 0 aliphatic carbocycles. The predicted molar refractivity (Wildman–Crippen MR) is 70.3 cm³/mol. The normalized spacial score (nSPS) is 13.5. The summed E-state index contributed by atoms with van der Waals surface area (Å²) >= 11 is 4.26. The third kappa shape index (κ3) is 3.53. The van der Waals surface area contributed by atoms with Gasteiger partial charge in [0, 0.05) is 18.7 Å². The molecule has 1 atom stereocenters. The molecule has 0 saturated heterocycles. The van der Waals surface area contributed by atoms with E-state index in [-0.39, 0.29) is 5.92 Å². The van der Waals surface area contributed by atoms with Gasteiger partial charge in [-0.15, -0.1) is 0 Å². The van der Waals surface area contributed by atoms with E-state index in [4.69, 9.17) is 0 Å². The summed E-state index contributed by atoms with van der Waals surface area (Å²) in [5, 5.41) is 3.76. The fourth-order valence-corrected chi connectivity index (χ4v) is 2.16. The summed E-state index contributed by atoms with van der Waals surface area (Å²) in [4.78, 5) is 0. The number of thiol groups is 1. The molecule has 1 heterocycles. The second kappa shape index (κ2) is 5.69. The van der Waals surface area contributed by atoms with Gasteiger partial charge in [-0.05, 0) is 11.3 Å². The summed E-state index contributed by atoms with van der Waals surface area (Å²) < 4.78 is 38.7. The summed E-state index contributed by atoms with van der Waals surface area (Å²) in [7, 11) is 0. The van der Waals surface area contributed by atoms with Crippen LogP contribution < -0.4 is 0 Å². The molecular weight excluding hydrogens is 273 g/mol. The van der Waals surface area contributed by atoms with Crippen LogP contribution in [0.4, 0.5) is 13.2 Å². The van der Waals surface area contributed by atoms with Gasteiger partial charge in [0.15, 0.2) is 0 Å². The number of alkyl halides is 3. The number of benzene rings is 1. The lowest BCUT2D eigenvalue weighted by Gasteiger charge is -2.14. The zero-order valence-electron chi connectivity index (χ0n) is 10.0. The van der Waals surface area contributed by atoms with E-state index >= 15 is 0 Å². The van der Waals surface area contributed by atoms with E-state index in [1.54, 1.807) is 0 Å². The number of nitrogens with zero attached hydrogens (tertiary/aromatic N) is 2. The van der Waals surface area contributed by atoms with Gasteiger partial charge >= 0.3 is 6.18 Å². The molecule has 1 unspecified atom stereocenters. The highest BCUT2D eigenvalue weighted by molar-refractivity contribution is 7.80. The second-order valence-electron chi connectivity index (χ2n) is 4.24. The van der Waals surface area contributed by atoms with Gasteiger partial charge in [0.05, 0.1) is 11.8 Å². The highest BCUT2D eigenvalue weighted by Crippen LogP contribution is 2.29. The Morgan fingerprint density at radius 3 is 2.42 bits per heavy atom. The van der Waals surface area contributed by atoms with Crippen LogP contribution in [0.25, 0.3) is 0 Å². The maximum atomic E-state index is 12.5. The highest BCUT2D eigenvalue weighted by Gasteiger charge is 2.32. The maximum absolute atomic E-state index is 12.5. The van der Waals surface area contributed by atoms with E-state index in [0.717, 1.165) is 18.0 Å². The average molecular weight is 286 g/mol. The Labute approximate surface area is 114 Å². The smallest absolute Gasteiger partial charge is 0.271 e. The third-order valence-corrected chi connectivity index (χ3v) is 3.30.